The molecule has 1 amide bonds. The van der Waals surface area contributed by atoms with Gasteiger partial charge in [-0.25, -0.2) is 4.98 Å². The highest BCUT2D eigenvalue weighted by Crippen LogP contribution is 2.36. The molecule has 0 aliphatic carbocycles. The number of aromatic nitrogens is 3. The highest BCUT2D eigenvalue weighted by atomic mass is 16.5. The number of fused-ring (bicyclic) bond motifs is 5. The normalized spacial score (nSPS) is 11.5. The van der Waals surface area contributed by atoms with Gasteiger partial charge in [-0.2, -0.15) is 0 Å². The molecule has 0 saturated heterocycles. The molecule has 3 aromatic heterocycles. The Morgan fingerprint density at radius 2 is 1.71 bits per heavy atom. The minimum Gasteiger partial charge on any atom is -0.361 e. The Labute approximate surface area is 160 Å². The topological polar surface area (TPSA) is 72.4 Å². The second kappa shape index (κ2) is 5.92. The number of rotatable bonds is 2. The molecule has 0 atom stereocenters. The molecular weight excluding hydrogens is 352 g/mol. The molecule has 6 heteroatoms. The smallest absolute Gasteiger partial charge is 0.261 e. The summed E-state index contributed by atoms with van der Waals surface area (Å²) in [5.41, 5.74) is 4.64. The zero-order valence-electron chi connectivity index (χ0n) is 15.8. The summed E-state index contributed by atoms with van der Waals surface area (Å²) >= 11 is 0. The number of benzene rings is 2. The summed E-state index contributed by atoms with van der Waals surface area (Å²) in [7, 11) is 0. The molecule has 0 spiro atoms. The van der Waals surface area contributed by atoms with Crippen LogP contribution < -0.4 is 5.32 Å². The first-order valence-electron chi connectivity index (χ1n) is 9.09. The number of carbonyl (C=O) groups is 1. The molecule has 5 aromatic rings. The van der Waals surface area contributed by atoms with Crippen LogP contribution >= 0.6 is 0 Å². The Morgan fingerprint density at radius 3 is 2.46 bits per heavy atom. The lowest BCUT2D eigenvalue weighted by atomic mass is 10.1. The van der Waals surface area contributed by atoms with E-state index in [1.165, 1.54) is 0 Å². The number of nitrogens with one attached hydrogen (secondary N) is 1. The van der Waals surface area contributed by atoms with Gasteiger partial charge >= 0.3 is 0 Å². The van der Waals surface area contributed by atoms with Crippen LogP contribution in [-0.2, 0) is 0 Å². The van der Waals surface area contributed by atoms with Crippen molar-refractivity contribution < 1.29 is 9.32 Å². The molecule has 138 valence electrons. The van der Waals surface area contributed by atoms with E-state index in [0.29, 0.717) is 17.0 Å². The van der Waals surface area contributed by atoms with Gasteiger partial charge in [0.2, 0.25) is 0 Å². The fourth-order valence-electron chi connectivity index (χ4n) is 3.94. The van der Waals surface area contributed by atoms with Crippen LogP contribution in [0.2, 0.25) is 0 Å². The monoisotopic (exact) mass is 370 g/mol. The number of carbonyl (C=O) groups excluding carboxylic acids is 1. The van der Waals surface area contributed by atoms with Gasteiger partial charge in [0, 0.05) is 10.8 Å². The van der Waals surface area contributed by atoms with Gasteiger partial charge in [-0.15, -0.1) is 0 Å². The quantitative estimate of drug-likeness (QED) is 0.484. The zero-order chi connectivity index (χ0) is 19.4. The van der Waals surface area contributed by atoms with Crippen molar-refractivity contribution in [2.75, 3.05) is 5.32 Å². The summed E-state index contributed by atoms with van der Waals surface area (Å²) in [6.07, 6.45) is 0. The van der Waals surface area contributed by atoms with Gasteiger partial charge in [0.15, 0.2) is 0 Å². The molecule has 6 nitrogen and oxygen atoms in total. The molecule has 0 aliphatic heterocycles. The third kappa shape index (κ3) is 2.24. The Balaban J connectivity index is 1.85. The maximum atomic E-state index is 13.1. The number of para-hydroxylation sites is 2. The number of hydrogen-bond donors (Lipinski definition) is 1. The molecule has 0 bridgehead atoms. The fourth-order valence-corrected chi connectivity index (χ4v) is 3.94. The summed E-state index contributed by atoms with van der Waals surface area (Å²) in [4.78, 5) is 17.8. The average Bonchev–Trinajstić information content (AvgIpc) is 3.20. The van der Waals surface area contributed by atoms with Gasteiger partial charge in [-0.1, -0.05) is 41.6 Å². The molecule has 0 aliphatic rings. The van der Waals surface area contributed by atoms with E-state index in [-0.39, 0.29) is 5.91 Å². The van der Waals surface area contributed by atoms with Crippen molar-refractivity contribution in [2.45, 2.75) is 20.8 Å². The van der Waals surface area contributed by atoms with E-state index in [9.17, 15) is 4.79 Å². The lowest BCUT2D eigenvalue weighted by molar-refractivity contribution is 0.102. The third-order valence-corrected chi connectivity index (χ3v) is 5.14. The van der Waals surface area contributed by atoms with E-state index in [1.54, 1.807) is 13.8 Å². The molecular formula is C22H18N4O2. The van der Waals surface area contributed by atoms with Crippen LogP contribution in [-0.4, -0.2) is 20.4 Å². The van der Waals surface area contributed by atoms with Crippen molar-refractivity contribution in [1.82, 2.24) is 14.5 Å². The highest BCUT2D eigenvalue weighted by Gasteiger charge is 2.22. The van der Waals surface area contributed by atoms with Gasteiger partial charge < -0.3 is 9.84 Å². The standard InChI is InChI=1S/C22H18N4O2/c1-12-19(13(2)28-25-12)22(27)24-20-16-9-5-7-11-18(16)26-14(3)23-17-10-6-4-8-15(17)21(20)26/h4-11H,1-3H3,(H,24,27). The summed E-state index contributed by atoms with van der Waals surface area (Å²) < 4.78 is 7.27. The maximum Gasteiger partial charge on any atom is 0.261 e. The predicted molar refractivity (Wildman–Crippen MR) is 109 cm³/mol. The average molecular weight is 370 g/mol. The van der Waals surface area contributed by atoms with Crippen molar-refractivity contribution in [1.29, 1.82) is 0 Å². The third-order valence-electron chi connectivity index (χ3n) is 5.14. The van der Waals surface area contributed by atoms with E-state index in [4.69, 9.17) is 9.51 Å². The van der Waals surface area contributed by atoms with Crippen LogP contribution in [0, 0.1) is 20.8 Å². The van der Waals surface area contributed by atoms with Gasteiger partial charge in [0.1, 0.15) is 17.1 Å². The number of aryl methyl sites for hydroxylation is 3. The van der Waals surface area contributed by atoms with Crippen molar-refractivity contribution in [3.05, 3.63) is 71.4 Å². The van der Waals surface area contributed by atoms with E-state index < -0.39 is 0 Å². The second-order valence-electron chi connectivity index (χ2n) is 6.91. The van der Waals surface area contributed by atoms with Crippen LogP contribution in [0.1, 0.15) is 27.6 Å². The minimum absolute atomic E-state index is 0.229. The van der Waals surface area contributed by atoms with E-state index in [2.05, 4.69) is 14.9 Å². The SMILES string of the molecule is Cc1noc(C)c1C(=O)Nc1c2ccccc2n2c(C)nc3ccccc3c12. The van der Waals surface area contributed by atoms with Gasteiger partial charge in [0.25, 0.3) is 5.91 Å². The Kier molecular flexibility index (Phi) is 3.49. The van der Waals surface area contributed by atoms with Gasteiger partial charge in [-0.05, 0) is 32.9 Å². The molecule has 3 heterocycles. The number of amides is 1. The van der Waals surface area contributed by atoms with Crippen molar-refractivity contribution in [2.24, 2.45) is 0 Å². The summed E-state index contributed by atoms with van der Waals surface area (Å²) in [6, 6.07) is 16.0. The predicted octanol–water partition coefficient (Wildman–Crippen LogP) is 4.81. The molecule has 0 saturated carbocycles. The molecule has 0 radical (unpaired) electrons. The number of anilines is 1. The fraction of sp³-hybridized carbons (Fsp3) is 0.136. The zero-order valence-corrected chi connectivity index (χ0v) is 15.8. The molecule has 1 N–H and O–H groups in total. The lowest BCUT2D eigenvalue weighted by Gasteiger charge is -2.09. The second-order valence-corrected chi connectivity index (χ2v) is 6.91. The molecule has 0 fully saturated rings. The van der Waals surface area contributed by atoms with Crippen molar-refractivity contribution in [3.8, 4) is 0 Å². The molecule has 5 rings (SSSR count). The van der Waals surface area contributed by atoms with E-state index in [1.807, 2.05) is 55.5 Å². The molecule has 2 aromatic carbocycles. The van der Waals surface area contributed by atoms with Gasteiger partial charge in [0.05, 0.1) is 27.9 Å². The maximum absolute atomic E-state index is 13.1. The first-order valence-corrected chi connectivity index (χ1v) is 9.09. The molecule has 0 unspecified atom stereocenters. The van der Waals surface area contributed by atoms with E-state index in [0.717, 1.165) is 38.8 Å². The van der Waals surface area contributed by atoms with Crippen molar-refractivity contribution >= 4 is 38.9 Å². The van der Waals surface area contributed by atoms with Gasteiger partial charge in [-0.3, -0.25) is 9.20 Å². The lowest BCUT2D eigenvalue weighted by Crippen LogP contribution is -2.13. The molecule has 28 heavy (non-hydrogen) atoms. The Bertz CT molecular complexity index is 1370. The minimum atomic E-state index is -0.229. The summed E-state index contributed by atoms with van der Waals surface area (Å²) in [5, 5.41) is 8.97. The first kappa shape index (κ1) is 16.5. The van der Waals surface area contributed by atoms with Crippen LogP contribution in [0.3, 0.4) is 0 Å². The number of nitrogens with zero attached hydrogens (tertiary/aromatic N) is 3. The first-order chi connectivity index (χ1) is 13.6. The number of hydrogen-bond acceptors (Lipinski definition) is 4. The highest BCUT2D eigenvalue weighted by molar-refractivity contribution is 6.19. The van der Waals surface area contributed by atoms with Crippen LogP contribution in [0.5, 0.6) is 0 Å². The van der Waals surface area contributed by atoms with Crippen LogP contribution in [0.15, 0.2) is 53.1 Å². The summed E-state index contributed by atoms with van der Waals surface area (Å²) in [6.45, 7) is 5.49. The van der Waals surface area contributed by atoms with Crippen LogP contribution in [0.25, 0.3) is 27.3 Å². The largest absolute Gasteiger partial charge is 0.361 e. The van der Waals surface area contributed by atoms with Crippen molar-refractivity contribution in [3.63, 3.8) is 0 Å². The van der Waals surface area contributed by atoms with Crippen LogP contribution in [0.4, 0.5) is 5.69 Å². The Hall–Kier alpha value is -3.67. The Morgan fingerprint density at radius 1 is 1.00 bits per heavy atom. The van der Waals surface area contributed by atoms with E-state index >= 15 is 0 Å². The summed E-state index contributed by atoms with van der Waals surface area (Å²) in [5.74, 6) is 1.14.